The van der Waals surface area contributed by atoms with Gasteiger partial charge in [0.05, 0.1) is 11.3 Å². The Bertz CT molecular complexity index is 527. The molecule has 0 heterocycles. The summed E-state index contributed by atoms with van der Waals surface area (Å²) in [7, 11) is -2.99. The van der Waals surface area contributed by atoms with Crippen molar-refractivity contribution in [3.8, 4) is 0 Å². The Morgan fingerprint density at radius 3 is 2.59 bits per heavy atom. The van der Waals surface area contributed by atoms with E-state index in [1.54, 1.807) is 12.1 Å². The van der Waals surface area contributed by atoms with Crippen molar-refractivity contribution < 1.29 is 18.3 Å². The van der Waals surface area contributed by atoms with E-state index in [9.17, 15) is 13.2 Å². The maximum atomic E-state index is 10.9. The number of carbonyl (C=O) groups is 1. The van der Waals surface area contributed by atoms with Crippen LogP contribution in [0.15, 0.2) is 22.7 Å². The fraction of sp³-hybridized carbons (Fsp3) is 0.300. The summed E-state index contributed by atoms with van der Waals surface area (Å²) in [4.78, 5) is 10.7. The second kappa shape index (κ2) is 5.50. The maximum absolute atomic E-state index is 10.9. The van der Waals surface area contributed by atoms with Gasteiger partial charge >= 0.3 is 5.97 Å². The molecular weight excluding hydrogens is 310 g/mol. The predicted molar refractivity (Wildman–Crippen MR) is 69.3 cm³/mol. The molecule has 0 aliphatic carbocycles. The van der Waals surface area contributed by atoms with Gasteiger partial charge in [-0.2, -0.15) is 0 Å². The quantitative estimate of drug-likeness (QED) is 0.860. The molecule has 0 bridgehead atoms. The number of hydrogen-bond donors (Lipinski definition) is 2. The lowest BCUT2D eigenvalue weighted by molar-refractivity contribution is 0.0696. The first-order valence-electron chi connectivity index (χ1n) is 4.74. The minimum Gasteiger partial charge on any atom is -0.478 e. The lowest BCUT2D eigenvalue weighted by Gasteiger charge is -2.07. The number of aromatic carboxylic acids is 1. The molecule has 17 heavy (non-hydrogen) atoms. The first-order valence-corrected chi connectivity index (χ1v) is 7.59. The number of carboxylic acids is 1. The molecule has 0 aromatic heterocycles. The maximum Gasteiger partial charge on any atom is 0.336 e. The Morgan fingerprint density at radius 2 is 2.12 bits per heavy atom. The first-order chi connectivity index (χ1) is 7.79. The van der Waals surface area contributed by atoms with Gasteiger partial charge in [-0.05, 0) is 34.1 Å². The summed E-state index contributed by atoms with van der Waals surface area (Å²) in [6.07, 6.45) is 1.16. The van der Waals surface area contributed by atoms with E-state index in [2.05, 4.69) is 21.2 Å². The lowest BCUT2D eigenvalue weighted by atomic mass is 10.2. The summed E-state index contributed by atoms with van der Waals surface area (Å²) in [6, 6.07) is 4.65. The van der Waals surface area contributed by atoms with Crippen molar-refractivity contribution in [1.82, 2.24) is 0 Å². The topological polar surface area (TPSA) is 83.5 Å². The summed E-state index contributed by atoms with van der Waals surface area (Å²) in [5.41, 5.74) is 0.837. The molecule has 5 nitrogen and oxygen atoms in total. The summed E-state index contributed by atoms with van der Waals surface area (Å²) < 4.78 is 22.3. The Kier molecular flexibility index (Phi) is 4.53. The van der Waals surface area contributed by atoms with Crippen LogP contribution in [0.2, 0.25) is 0 Å². The number of nitrogens with one attached hydrogen (secondary N) is 1. The molecule has 2 N–H and O–H groups in total. The molecule has 1 aromatic rings. The normalized spacial score (nSPS) is 11.2. The van der Waals surface area contributed by atoms with Gasteiger partial charge in [-0.15, -0.1) is 0 Å². The van der Waals surface area contributed by atoms with Crippen LogP contribution in [-0.4, -0.2) is 38.0 Å². The van der Waals surface area contributed by atoms with Gasteiger partial charge in [-0.25, -0.2) is 13.2 Å². The third-order valence-corrected chi connectivity index (χ3v) is 3.60. The molecule has 1 rings (SSSR count). The SMILES string of the molecule is CS(=O)(=O)CCNc1ccc(C(=O)O)c(Br)c1. The van der Waals surface area contributed by atoms with Crippen LogP contribution in [0.25, 0.3) is 0 Å². The standard InChI is InChI=1S/C10H12BrNO4S/c1-17(15,16)5-4-12-7-2-3-8(10(13)14)9(11)6-7/h2-3,6,12H,4-5H2,1H3,(H,13,14). The molecule has 0 aliphatic heterocycles. The van der Waals surface area contributed by atoms with Crippen molar-refractivity contribution in [2.45, 2.75) is 0 Å². The van der Waals surface area contributed by atoms with E-state index in [0.29, 0.717) is 10.2 Å². The average molecular weight is 322 g/mol. The molecule has 0 radical (unpaired) electrons. The molecule has 0 aliphatic rings. The van der Waals surface area contributed by atoms with Gasteiger partial charge in [0.2, 0.25) is 0 Å². The molecule has 0 amide bonds. The Hall–Kier alpha value is -1.08. The number of rotatable bonds is 5. The highest BCUT2D eigenvalue weighted by Crippen LogP contribution is 2.21. The van der Waals surface area contributed by atoms with Crippen molar-refractivity contribution in [2.75, 3.05) is 23.9 Å². The highest BCUT2D eigenvalue weighted by Gasteiger charge is 2.08. The molecule has 1 aromatic carbocycles. The summed E-state index contributed by atoms with van der Waals surface area (Å²) in [5.74, 6) is -0.981. The van der Waals surface area contributed by atoms with E-state index < -0.39 is 15.8 Å². The van der Waals surface area contributed by atoms with Crippen LogP contribution in [0, 0.1) is 0 Å². The summed E-state index contributed by atoms with van der Waals surface area (Å²) in [6.45, 7) is 0.289. The molecule has 0 atom stereocenters. The summed E-state index contributed by atoms with van der Waals surface area (Å²) in [5, 5.41) is 11.7. The molecular formula is C10H12BrNO4S. The number of halogens is 1. The molecule has 0 fully saturated rings. The van der Waals surface area contributed by atoms with Gasteiger partial charge in [-0.1, -0.05) is 0 Å². The monoisotopic (exact) mass is 321 g/mol. The number of anilines is 1. The molecule has 0 saturated carbocycles. The van der Waals surface area contributed by atoms with Crippen molar-refractivity contribution >= 4 is 37.4 Å². The smallest absolute Gasteiger partial charge is 0.336 e. The van der Waals surface area contributed by atoms with Crippen LogP contribution >= 0.6 is 15.9 Å². The van der Waals surface area contributed by atoms with Crippen LogP contribution in [0.5, 0.6) is 0 Å². The number of sulfone groups is 1. The van der Waals surface area contributed by atoms with Gasteiger partial charge in [-0.3, -0.25) is 0 Å². The molecule has 0 unspecified atom stereocenters. The van der Waals surface area contributed by atoms with Crippen molar-refractivity contribution in [3.05, 3.63) is 28.2 Å². The van der Waals surface area contributed by atoms with Gasteiger partial charge in [0, 0.05) is 23.0 Å². The van der Waals surface area contributed by atoms with Crippen LogP contribution in [0.1, 0.15) is 10.4 Å². The highest BCUT2D eigenvalue weighted by molar-refractivity contribution is 9.10. The van der Waals surface area contributed by atoms with Crippen LogP contribution in [0.4, 0.5) is 5.69 Å². The van der Waals surface area contributed by atoms with Gasteiger partial charge in [0.15, 0.2) is 0 Å². The Labute approximate surface area is 108 Å². The lowest BCUT2D eigenvalue weighted by Crippen LogP contribution is -2.14. The summed E-state index contributed by atoms with van der Waals surface area (Å²) >= 11 is 3.14. The Morgan fingerprint density at radius 1 is 1.47 bits per heavy atom. The van der Waals surface area contributed by atoms with Crippen LogP contribution in [0.3, 0.4) is 0 Å². The molecule has 7 heteroatoms. The fourth-order valence-corrected chi connectivity index (χ4v) is 2.20. The zero-order valence-electron chi connectivity index (χ0n) is 9.10. The van der Waals surface area contributed by atoms with Crippen LogP contribution in [-0.2, 0) is 9.84 Å². The molecule has 94 valence electrons. The van der Waals surface area contributed by atoms with Crippen molar-refractivity contribution in [3.63, 3.8) is 0 Å². The Balaban J connectivity index is 2.68. The second-order valence-electron chi connectivity index (χ2n) is 3.56. The first kappa shape index (κ1) is 14.0. The van der Waals surface area contributed by atoms with Crippen molar-refractivity contribution in [1.29, 1.82) is 0 Å². The van der Waals surface area contributed by atoms with Crippen LogP contribution < -0.4 is 5.32 Å². The van der Waals surface area contributed by atoms with E-state index >= 15 is 0 Å². The minimum absolute atomic E-state index is 0.0330. The van der Waals surface area contributed by atoms with Gasteiger partial charge in [0.1, 0.15) is 9.84 Å². The van der Waals surface area contributed by atoms with E-state index in [1.165, 1.54) is 6.07 Å². The zero-order valence-corrected chi connectivity index (χ0v) is 11.5. The third kappa shape index (κ3) is 4.74. The van der Waals surface area contributed by atoms with Gasteiger partial charge in [0.25, 0.3) is 0 Å². The highest BCUT2D eigenvalue weighted by atomic mass is 79.9. The minimum atomic E-state index is -2.99. The fourth-order valence-electron chi connectivity index (χ4n) is 1.18. The zero-order chi connectivity index (χ0) is 13.1. The van der Waals surface area contributed by atoms with Gasteiger partial charge < -0.3 is 10.4 Å². The van der Waals surface area contributed by atoms with Crippen molar-refractivity contribution in [2.24, 2.45) is 0 Å². The number of carboxylic acid groups (broad SMARTS) is 1. The number of benzene rings is 1. The molecule has 0 spiro atoms. The number of hydrogen-bond acceptors (Lipinski definition) is 4. The largest absolute Gasteiger partial charge is 0.478 e. The predicted octanol–water partition coefficient (Wildman–Crippen LogP) is 1.60. The molecule has 0 saturated heterocycles. The van der Waals surface area contributed by atoms with E-state index in [-0.39, 0.29) is 17.9 Å². The average Bonchev–Trinajstić information content (AvgIpc) is 2.15. The van der Waals surface area contributed by atoms with E-state index in [0.717, 1.165) is 6.26 Å². The van der Waals surface area contributed by atoms with E-state index in [1.807, 2.05) is 0 Å². The third-order valence-electron chi connectivity index (χ3n) is 2.00. The van der Waals surface area contributed by atoms with E-state index in [4.69, 9.17) is 5.11 Å². The second-order valence-corrected chi connectivity index (χ2v) is 6.67.